The van der Waals surface area contributed by atoms with E-state index in [2.05, 4.69) is 0 Å². The molecule has 10 heavy (non-hydrogen) atoms. The number of rotatable bonds is 0. The molecule has 0 aromatic carbocycles. The van der Waals surface area contributed by atoms with Crippen LogP contribution in [0.4, 0.5) is 0 Å². The quantitative estimate of drug-likeness (QED) is 0.609. The smallest absolute Gasteiger partial charge is 0.266 e. The lowest BCUT2D eigenvalue weighted by atomic mass is 11.8. The fraction of sp³-hybridized carbons (Fsp3) is 1.00. The summed E-state index contributed by atoms with van der Waals surface area (Å²) in [5.74, 6) is 0. The Hall–Kier alpha value is 1.99. The highest BCUT2D eigenvalue weighted by Gasteiger charge is 2.11. The highest BCUT2D eigenvalue weighted by atomic mass is 35.6. The molecule has 0 atom stereocenters. The van der Waals surface area contributed by atoms with Crippen LogP contribution in [0.3, 0.4) is 0 Å². The van der Waals surface area contributed by atoms with Gasteiger partial charge >= 0.3 is 0 Å². The average Bonchev–Trinajstić information content (AvgIpc) is 1.19. The van der Waals surface area contributed by atoms with Gasteiger partial charge < -0.3 is 5.48 Å². The summed E-state index contributed by atoms with van der Waals surface area (Å²) in [6.45, 7) is 0. The monoisotopic (exact) mass is 288 g/mol. The molecule has 0 aliphatic carbocycles. The van der Waals surface area contributed by atoms with Crippen molar-refractivity contribution in [1.29, 1.82) is 0 Å². The van der Waals surface area contributed by atoms with E-state index >= 15 is 0 Å². The minimum absolute atomic E-state index is 0. The van der Waals surface area contributed by atoms with Gasteiger partial charge in [-0.1, -0.05) is 81.2 Å². The normalized spacial score (nSPS) is 9.60. The highest BCUT2D eigenvalue weighted by Crippen LogP contribution is 2.29. The molecule has 0 fully saturated rings. The van der Waals surface area contributed by atoms with Crippen LogP contribution in [-0.4, -0.2) is 13.0 Å². The summed E-state index contributed by atoms with van der Waals surface area (Å²) in [7, 11) is 0. The standard InChI is InChI=1S/CCl4.CHCl3.H2O/c2-1(3,4)5;2-1(3)4;/h;1H;1H2. The minimum atomic E-state index is -1.61. The summed E-state index contributed by atoms with van der Waals surface area (Å²) in [6, 6.07) is 0. The molecular weight excluding hydrogens is 288 g/mol. The van der Waals surface area contributed by atoms with Crippen molar-refractivity contribution in [3.63, 3.8) is 0 Å². The number of hydrogen-bond donors (Lipinski definition) is 0. The molecule has 0 unspecified atom stereocenters. The molecule has 8 heteroatoms. The van der Waals surface area contributed by atoms with E-state index in [1.54, 1.807) is 0 Å². The second kappa shape index (κ2) is 9.08. The van der Waals surface area contributed by atoms with Crippen LogP contribution in [0.5, 0.6) is 0 Å². The molecule has 0 amide bonds. The maximum atomic E-state index is 4.83. The maximum Gasteiger partial charge on any atom is 0.266 e. The second-order valence-corrected chi connectivity index (χ2v) is 6.08. The zero-order chi connectivity index (χ0) is 8.08. The first-order valence-corrected chi connectivity index (χ1v) is 4.23. The summed E-state index contributed by atoms with van der Waals surface area (Å²) in [5.41, 5.74) is 0. The van der Waals surface area contributed by atoms with Crippen LogP contribution in [0.25, 0.3) is 0 Å². The molecule has 1 nitrogen and oxygen atoms in total. The van der Waals surface area contributed by atoms with Crippen LogP contribution >= 0.6 is 81.2 Å². The molecule has 0 heterocycles. The molecule has 66 valence electrons. The molecule has 0 aromatic heterocycles. The molecule has 2 N–H and O–H groups in total. The second-order valence-electron chi connectivity index (χ2n) is 0.676. The molecule has 0 rings (SSSR count). The fourth-order valence-electron chi connectivity index (χ4n) is 0. The molecule has 0 saturated heterocycles. The largest absolute Gasteiger partial charge is 0.412 e. The first kappa shape index (κ1) is 17.9. The number of halogens is 7. The molecule has 0 spiro atoms. The molecular formula is C2H3Cl7O. The van der Waals surface area contributed by atoms with Gasteiger partial charge in [0.05, 0.1) is 0 Å². The molecule has 0 aliphatic rings. The summed E-state index contributed by atoms with van der Waals surface area (Å²) < 4.78 is -2.36. The van der Waals surface area contributed by atoms with E-state index in [0.717, 1.165) is 0 Å². The Bertz CT molecular complexity index is 48.4. The lowest BCUT2D eigenvalue weighted by Crippen LogP contribution is -1.81. The van der Waals surface area contributed by atoms with Gasteiger partial charge in [0.2, 0.25) is 0 Å². The van der Waals surface area contributed by atoms with Crippen molar-refractivity contribution in [2.45, 2.75) is 7.55 Å². The Labute approximate surface area is 93.7 Å². The van der Waals surface area contributed by atoms with E-state index in [0.29, 0.717) is 0 Å². The Balaban J connectivity index is -0.0000000910. The lowest BCUT2D eigenvalue weighted by molar-refractivity contribution is 0.824. The van der Waals surface area contributed by atoms with Crippen LogP contribution < -0.4 is 0 Å². The Morgan fingerprint density at radius 3 is 0.800 bits per heavy atom. The van der Waals surface area contributed by atoms with Crippen LogP contribution in [0.1, 0.15) is 0 Å². The fourth-order valence-corrected chi connectivity index (χ4v) is 0. The van der Waals surface area contributed by atoms with Gasteiger partial charge in [-0.05, 0) is 0 Å². The first-order chi connectivity index (χ1) is 3.73. The van der Waals surface area contributed by atoms with Gasteiger partial charge in [-0.15, -0.1) is 0 Å². The van der Waals surface area contributed by atoms with Gasteiger partial charge in [0.1, 0.15) is 0 Å². The summed E-state index contributed by atoms with van der Waals surface area (Å²) >= 11 is 33.7. The Kier molecular flexibility index (Phi) is 16.3. The summed E-state index contributed by atoms with van der Waals surface area (Å²) in [6.07, 6.45) is 0. The van der Waals surface area contributed by atoms with E-state index in [-0.39, 0.29) is 5.48 Å². The molecule has 0 aromatic rings. The third-order valence-corrected chi connectivity index (χ3v) is 0. The van der Waals surface area contributed by atoms with E-state index in [9.17, 15) is 0 Å². The van der Waals surface area contributed by atoms with Crippen molar-refractivity contribution in [2.75, 3.05) is 0 Å². The van der Waals surface area contributed by atoms with Gasteiger partial charge in [0.25, 0.3) is 3.25 Å². The highest BCUT2D eigenvalue weighted by molar-refractivity contribution is 6.83. The number of hydrogen-bond acceptors (Lipinski definition) is 0. The average molecular weight is 291 g/mol. The minimum Gasteiger partial charge on any atom is -0.412 e. The van der Waals surface area contributed by atoms with E-state index in [4.69, 9.17) is 81.2 Å². The third-order valence-electron chi connectivity index (χ3n) is 0. The van der Waals surface area contributed by atoms with E-state index in [1.165, 1.54) is 0 Å². The van der Waals surface area contributed by atoms with Crippen LogP contribution in [0.15, 0.2) is 0 Å². The molecule has 0 saturated carbocycles. The van der Waals surface area contributed by atoms with E-state index in [1.807, 2.05) is 0 Å². The van der Waals surface area contributed by atoms with Gasteiger partial charge in [-0.2, -0.15) is 0 Å². The predicted molar refractivity (Wildman–Crippen MR) is 51.1 cm³/mol. The number of alkyl halides is 7. The van der Waals surface area contributed by atoms with Crippen LogP contribution in [-0.2, 0) is 0 Å². The zero-order valence-electron chi connectivity index (χ0n) is 4.22. The van der Waals surface area contributed by atoms with Crippen molar-refractivity contribution in [3.05, 3.63) is 0 Å². The van der Waals surface area contributed by atoms with Crippen molar-refractivity contribution in [1.82, 2.24) is 0 Å². The Morgan fingerprint density at radius 1 is 0.800 bits per heavy atom. The molecule has 0 aliphatic heterocycles. The Morgan fingerprint density at radius 2 is 0.800 bits per heavy atom. The van der Waals surface area contributed by atoms with Crippen LogP contribution in [0.2, 0.25) is 0 Å². The van der Waals surface area contributed by atoms with Crippen molar-refractivity contribution >= 4 is 81.2 Å². The molecule has 0 radical (unpaired) electrons. The van der Waals surface area contributed by atoms with Crippen molar-refractivity contribution in [2.24, 2.45) is 0 Å². The first-order valence-electron chi connectivity index (χ1n) is 1.41. The van der Waals surface area contributed by atoms with Crippen molar-refractivity contribution < 1.29 is 5.48 Å². The summed E-state index contributed by atoms with van der Waals surface area (Å²) in [5, 5.41) is 0. The van der Waals surface area contributed by atoms with Crippen LogP contribution in [0, 0.1) is 0 Å². The SMILES string of the molecule is ClC(Cl)(Cl)Cl.ClC(Cl)Cl.O. The topological polar surface area (TPSA) is 31.5 Å². The van der Waals surface area contributed by atoms with Crippen molar-refractivity contribution in [3.8, 4) is 0 Å². The van der Waals surface area contributed by atoms with E-state index < -0.39 is 7.55 Å². The lowest BCUT2D eigenvalue weighted by Gasteiger charge is -1.91. The van der Waals surface area contributed by atoms with Gasteiger partial charge in [0.15, 0.2) is 4.30 Å². The maximum absolute atomic E-state index is 4.83. The predicted octanol–water partition coefficient (Wildman–Crippen LogP) is 3.71. The molecule has 0 bridgehead atoms. The van der Waals surface area contributed by atoms with Gasteiger partial charge in [-0.25, -0.2) is 0 Å². The third kappa shape index (κ3) is 204. The van der Waals surface area contributed by atoms with Gasteiger partial charge in [-0.3, -0.25) is 0 Å². The zero-order valence-corrected chi connectivity index (χ0v) is 9.51. The van der Waals surface area contributed by atoms with Gasteiger partial charge in [0, 0.05) is 0 Å². The summed E-state index contributed by atoms with van der Waals surface area (Å²) in [4.78, 5) is 0.